The van der Waals surface area contributed by atoms with Gasteiger partial charge in [0.05, 0.1) is 0 Å². The predicted octanol–water partition coefficient (Wildman–Crippen LogP) is 2.44. The first-order valence-corrected chi connectivity index (χ1v) is 6.78. The summed E-state index contributed by atoms with van der Waals surface area (Å²) < 4.78 is 0.860. The van der Waals surface area contributed by atoms with E-state index >= 15 is 0 Å². The number of hydrogen-bond donors (Lipinski definition) is 2. The van der Waals surface area contributed by atoms with Crippen molar-refractivity contribution in [2.45, 2.75) is 26.3 Å². The van der Waals surface area contributed by atoms with Gasteiger partial charge in [0.15, 0.2) is 0 Å². The average molecular weight is 328 g/mol. The van der Waals surface area contributed by atoms with Crippen LogP contribution in [0.5, 0.6) is 0 Å². The highest BCUT2D eigenvalue weighted by molar-refractivity contribution is 9.10. The van der Waals surface area contributed by atoms with Gasteiger partial charge in [0.25, 0.3) is 5.91 Å². The maximum Gasteiger partial charge on any atom is 0.254 e. The van der Waals surface area contributed by atoms with Gasteiger partial charge in [-0.3, -0.25) is 4.79 Å². The summed E-state index contributed by atoms with van der Waals surface area (Å²) in [6.45, 7) is 4.28. The highest BCUT2D eigenvalue weighted by Crippen LogP contribution is 2.15. The molecule has 0 saturated heterocycles. The Morgan fingerprint density at radius 3 is 2.74 bits per heavy atom. The maximum atomic E-state index is 12.4. The quantitative estimate of drug-likeness (QED) is 0.377. The molecule has 0 spiro atoms. The Labute approximate surface area is 121 Å². The van der Waals surface area contributed by atoms with Crippen molar-refractivity contribution in [1.82, 2.24) is 4.90 Å². The minimum absolute atomic E-state index is 0.0398. The summed E-state index contributed by atoms with van der Waals surface area (Å²) in [6, 6.07) is 7.28. The van der Waals surface area contributed by atoms with Crippen molar-refractivity contribution >= 4 is 27.7 Å². The van der Waals surface area contributed by atoms with Gasteiger partial charge in [0, 0.05) is 29.0 Å². The van der Waals surface area contributed by atoms with Gasteiger partial charge in [-0.1, -0.05) is 27.2 Å². The summed E-state index contributed by atoms with van der Waals surface area (Å²) in [5.41, 5.74) is 6.05. The lowest BCUT2D eigenvalue weighted by molar-refractivity contribution is 0.0711. The van der Waals surface area contributed by atoms with Crippen LogP contribution in [0.15, 0.2) is 33.9 Å². The fourth-order valence-corrected chi connectivity index (χ4v) is 2.07. The molecular weight excluding hydrogens is 310 g/mol. The standard InChI is InChI=1S/C13H18BrN3O2/c1-9(2)17(7-6-12(15)16-19)13(18)10-4-3-5-11(14)8-10/h3-5,8-9,19H,6-7H2,1-2H3,(H2,15,16). The van der Waals surface area contributed by atoms with Crippen LogP contribution in [0, 0.1) is 0 Å². The third kappa shape index (κ3) is 4.55. The van der Waals surface area contributed by atoms with Crippen molar-refractivity contribution in [3.8, 4) is 0 Å². The van der Waals surface area contributed by atoms with E-state index in [9.17, 15) is 4.79 Å². The number of halogens is 1. The van der Waals surface area contributed by atoms with Gasteiger partial charge >= 0.3 is 0 Å². The number of amidine groups is 1. The Balaban J connectivity index is 2.84. The zero-order valence-electron chi connectivity index (χ0n) is 11.0. The summed E-state index contributed by atoms with van der Waals surface area (Å²) in [6.07, 6.45) is 0.342. The number of nitrogens with two attached hydrogens (primary N) is 1. The molecule has 0 saturated carbocycles. The van der Waals surface area contributed by atoms with Gasteiger partial charge in [-0.25, -0.2) is 0 Å². The molecule has 19 heavy (non-hydrogen) atoms. The predicted molar refractivity (Wildman–Crippen MR) is 78.3 cm³/mol. The molecule has 104 valence electrons. The SMILES string of the molecule is CC(C)N(CC/C(N)=N/O)C(=O)c1cccc(Br)c1. The van der Waals surface area contributed by atoms with Gasteiger partial charge in [-0.2, -0.15) is 0 Å². The van der Waals surface area contributed by atoms with Crippen LogP contribution in [-0.2, 0) is 0 Å². The van der Waals surface area contributed by atoms with E-state index in [1.165, 1.54) is 0 Å². The number of hydrogen-bond acceptors (Lipinski definition) is 3. The minimum Gasteiger partial charge on any atom is -0.409 e. The van der Waals surface area contributed by atoms with Crippen LogP contribution in [0.2, 0.25) is 0 Å². The topological polar surface area (TPSA) is 78.9 Å². The fourth-order valence-electron chi connectivity index (χ4n) is 1.67. The Bertz CT molecular complexity index is 475. The molecule has 0 fully saturated rings. The van der Waals surface area contributed by atoms with E-state index in [0.717, 1.165) is 4.47 Å². The largest absolute Gasteiger partial charge is 0.409 e. The van der Waals surface area contributed by atoms with E-state index in [-0.39, 0.29) is 17.8 Å². The van der Waals surface area contributed by atoms with Gasteiger partial charge in [0.1, 0.15) is 5.84 Å². The maximum absolute atomic E-state index is 12.4. The molecular formula is C13H18BrN3O2. The molecule has 5 nitrogen and oxygen atoms in total. The normalized spacial score (nSPS) is 11.7. The highest BCUT2D eigenvalue weighted by Gasteiger charge is 2.19. The van der Waals surface area contributed by atoms with Crippen LogP contribution in [0.3, 0.4) is 0 Å². The molecule has 0 aliphatic rings. The Hall–Kier alpha value is -1.56. The fraction of sp³-hybridized carbons (Fsp3) is 0.385. The summed E-state index contributed by atoms with van der Waals surface area (Å²) in [4.78, 5) is 14.1. The molecule has 0 unspecified atom stereocenters. The van der Waals surface area contributed by atoms with Crippen LogP contribution in [0.25, 0.3) is 0 Å². The number of amides is 1. The van der Waals surface area contributed by atoms with Crippen molar-refractivity contribution in [3.05, 3.63) is 34.3 Å². The third-order valence-electron chi connectivity index (χ3n) is 2.69. The Morgan fingerprint density at radius 2 is 2.21 bits per heavy atom. The number of carbonyl (C=O) groups is 1. The number of nitrogens with zero attached hydrogens (tertiary/aromatic N) is 2. The molecule has 0 atom stereocenters. The first-order valence-electron chi connectivity index (χ1n) is 5.98. The Morgan fingerprint density at radius 1 is 1.53 bits per heavy atom. The van der Waals surface area contributed by atoms with Crippen molar-refractivity contribution in [3.63, 3.8) is 0 Å². The molecule has 1 aromatic carbocycles. The second-order valence-electron chi connectivity index (χ2n) is 4.44. The van der Waals surface area contributed by atoms with Crippen LogP contribution in [0.4, 0.5) is 0 Å². The molecule has 0 aliphatic carbocycles. The highest BCUT2D eigenvalue weighted by atomic mass is 79.9. The van der Waals surface area contributed by atoms with Crippen LogP contribution >= 0.6 is 15.9 Å². The van der Waals surface area contributed by atoms with Gasteiger partial charge < -0.3 is 15.8 Å². The smallest absolute Gasteiger partial charge is 0.254 e. The van der Waals surface area contributed by atoms with Crippen molar-refractivity contribution < 1.29 is 10.0 Å². The lowest BCUT2D eigenvalue weighted by atomic mass is 10.1. The molecule has 0 aliphatic heterocycles. The van der Waals surface area contributed by atoms with E-state index in [0.29, 0.717) is 18.5 Å². The number of rotatable bonds is 5. The summed E-state index contributed by atoms with van der Waals surface area (Å²) in [5.74, 6) is 0.0507. The lowest BCUT2D eigenvalue weighted by Crippen LogP contribution is -2.39. The zero-order valence-corrected chi connectivity index (χ0v) is 12.6. The van der Waals surface area contributed by atoms with Crippen LogP contribution < -0.4 is 5.73 Å². The molecule has 1 aromatic rings. The molecule has 0 radical (unpaired) electrons. The van der Waals surface area contributed by atoms with E-state index in [2.05, 4.69) is 21.1 Å². The van der Waals surface area contributed by atoms with Gasteiger partial charge in [-0.15, -0.1) is 0 Å². The number of benzene rings is 1. The van der Waals surface area contributed by atoms with E-state index in [4.69, 9.17) is 10.9 Å². The number of oxime groups is 1. The summed E-state index contributed by atoms with van der Waals surface area (Å²) in [5, 5.41) is 11.4. The summed E-state index contributed by atoms with van der Waals surface area (Å²) >= 11 is 3.35. The summed E-state index contributed by atoms with van der Waals surface area (Å²) in [7, 11) is 0. The molecule has 1 amide bonds. The van der Waals surface area contributed by atoms with Crippen molar-refractivity contribution in [1.29, 1.82) is 0 Å². The van der Waals surface area contributed by atoms with Gasteiger partial charge in [0.2, 0.25) is 0 Å². The third-order valence-corrected chi connectivity index (χ3v) is 3.19. The Kier molecular flexibility index (Phi) is 5.82. The molecule has 6 heteroatoms. The van der Waals surface area contributed by atoms with Crippen LogP contribution in [-0.4, -0.2) is 34.4 Å². The van der Waals surface area contributed by atoms with E-state index < -0.39 is 0 Å². The second kappa shape index (κ2) is 7.13. The van der Waals surface area contributed by atoms with Crippen molar-refractivity contribution in [2.75, 3.05) is 6.54 Å². The molecule has 1 rings (SSSR count). The first kappa shape index (κ1) is 15.5. The molecule has 0 bridgehead atoms. The molecule has 0 aromatic heterocycles. The molecule has 0 heterocycles. The first-order chi connectivity index (χ1) is 8.95. The van der Waals surface area contributed by atoms with E-state index in [1.807, 2.05) is 26.0 Å². The van der Waals surface area contributed by atoms with Crippen LogP contribution in [0.1, 0.15) is 30.6 Å². The zero-order chi connectivity index (χ0) is 14.4. The van der Waals surface area contributed by atoms with E-state index in [1.54, 1.807) is 17.0 Å². The monoisotopic (exact) mass is 327 g/mol. The van der Waals surface area contributed by atoms with Crippen molar-refractivity contribution in [2.24, 2.45) is 10.9 Å². The number of carbonyl (C=O) groups excluding carboxylic acids is 1. The average Bonchev–Trinajstić information content (AvgIpc) is 2.38. The molecule has 3 N–H and O–H groups in total. The second-order valence-corrected chi connectivity index (χ2v) is 5.36. The minimum atomic E-state index is -0.0676. The lowest BCUT2D eigenvalue weighted by Gasteiger charge is -2.26. The van der Waals surface area contributed by atoms with Gasteiger partial charge in [-0.05, 0) is 32.0 Å².